The normalized spacial score (nSPS) is 30.7. The maximum Gasteiger partial charge on any atom is 0.143 e. The molecule has 0 amide bonds. The highest BCUT2D eigenvalue weighted by Crippen LogP contribution is 2.33. The van der Waals surface area contributed by atoms with Crippen LogP contribution < -0.4 is 0 Å². The lowest BCUT2D eigenvalue weighted by atomic mass is 9.77. The Morgan fingerprint density at radius 3 is 2.36 bits per heavy atom. The summed E-state index contributed by atoms with van der Waals surface area (Å²) in [7, 11) is 0. The van der Waals surface area contributed by atoms with Crippen LogP contribution in [0.3, 0.4) is 0 Å². The first kappa shape index (κ1) is 10.2. The first-order chi connectivity index (χ1) is 6.79. The average Bonchev–Trinajstić information content (AvgIpc) is 2.19. The van der Waals surface area contributed by atoms with E-state index in [1.54, 1.807) is 0 Å². The van der Waals surface area contributed by atoms with Crippen LogP contribution in [0.25, 0.3) is 0 Å². The SMILES string of the molecule is O=C1CCCC(=O)C1C1CCCSC1. The second-order valence-corrected chi connectivity index (χ2v) is 5.39. The Kier molecular flexibility index (Phi) is 3.26. The highest BCUT2D eigenvalue weighted by atomic mass is 32.2. The van der Waals surface area contributed by atoms with Crippen molar-refractivity contribution in [3.8, 4) is 0 Å². The second kappa shape index (κ2) is 4.47. The summed E-state index contributed by atoms with van der Waals surface area (Å²) < 4.78 is 0. The number of carbonyl (C=O) groups excluding carboxylic acids is 2. The molecule has 1 unspecified atom stereocenters. The summed E-state index contributed by atoms with van der Waals surface area (Å²) >= 11 is 1.90. The molecule has 1 atom stereocenters. The molecule has 3 heteroatoms. The molecule has 1 aliphatic heterocycles. The fraction of sp³-hybridized carbons (Fsp3) is 0.818. The van der Waals surface area contributed by atoms with Crippen LogP contribution in [0.1, 0.15) is 32.1 Å². The van der Waals surface area contributed by atoms with Crippen molar-refractivity contribution < 1.29 is 9.59 Å². The molecule has 2 rings (SSSR count). The van der Waals surface area contributed by atoms with Crippen molar-refractivity contribution in [1.82, 2.24) is 0 Å². The Labute approximate surface area is 88.8 Å². The zero-order valence-corrected chi connectivity index (χ0v) is 9.15. The number of carbonyl (C=O) groups is 2. The van der Waals surface area contributed by atoms with Gasteiger partial charge in [0.15, 0.2) is 0 Å². The number of ketones is 2. The van der Waals surface area contributed by atoms with Gasteiger partial charge in [0, 0.05) is 12.8 Å². The van der Waals surface area contributed by atoms with E-state index >= 15 is 0 Å². The molecule has 78 valence electrons. The van der Waals surface area contributed by atoms with E-state index in [0.717, 1.165) is 18.6 Å². The largest absolute Gasteiger partial charge is 0.299 e. The quantitative estimate of drug-likeness (QED) is 0.624. The highest BCUT2D eigenvalue weighted by molar-refractivity contribution is 7.99. The van der Waals surface area contributed by atoms with Gasteiger partial charge in [0.2, 0.25) is 0 Å². The fourth-order valence-corrected chi connectivity index (χ4v) is 3.68. The molecular formula is C11H16O2S. The minimum absolute atomic E-state index is 0.216. The molecule has 0 aromatic carbocycles. The lowest BCUT2D eigenvalue weighted by Gasteiger charge is -2.30. The Morgan fingerprint density at radius 1 is 1.07 bits per heavy atom. The van der Waals surface area contributed by atoms with Gasteiger partial charge in [-0.25, -0.2) is 0 Å². The molecule has 0 aromatic rings. The van der Waals surface area contributed by atoms with Gasteiger partial charge in [0.05, 0.1) is 5.92 Å². The topological polar surface area (TPSA) is 34.1 Å². The van der Waals surface area contributed by atoms with Crippen molar-refractivity contribution in [2.45, 2.75) is 32.1 Å². The van der Waals surface area contributed by atoms with Gasteiger partial charge in [-0.05, 0) is 36.7 Å². The van der Waals surface area contributed by atoms with E-state index in [9.17, 15) is 9.59 Å². The molecule has 1 aliphatic carbocycles. The van der Waals surface area contributed by atoms with Gasteiger partial charge in [-0.3, -0.25) is 9.59 Å². The molecule has 0 spiro atoms. The van der Waals surface area contributed by atoms with Gasteiger partial charge in [0.25, 0.3) is 0 Å². The van der Waals surface area contributed by atoms with Gasteiger partial charge in [-0.15, -0.1) is 0 Å². The first-order valence-electron chi connectivity index (χ1n) is 5.42. The molecule has 0 aromatic heterocycles. The van der Waals surface area contributed by atoms with Crippen LogP contribution in [0.4, 0.5) is 0 Å². The van der Waals surface area contributed by atoms with Gasteiger partial charge in [-0.2, -0.15) is 11.8 Å². The minimum Gasteiger partial charge on any atom is -0.299 e. The summed E-state index contributed by atoms with van der Waals surface area (Å²) in [5.41, 5.74) is 0. The zero-order valence-electron chi connectivity index (χ0n) is 8.33. The molecule has 2 aliphatic rings. The van der Waals surface area contributed by atoms with Gasteiger partial charge in [0.1, 0.15) is 11.6 Å². The van der Waals surface area contributed by atoms with Crippen LogP contribution in [-0.4, -0.2) is 23.1 Å². The molecule has 2 nitrogen and oxygen atoms in total. The van der Waals surface area contributed by atoms with E-state index in [4.69, 9.17) is 0 Å². The molecular weight excluding hydrogens is 196 g/mol. The lowest BCUT2D eigenvalue weighted by Crippen LogP contribution is -2.37. The molecule has 2 fully saturated rings. The Morgan fingerprint density at radius 2 is 1.79 bits per heavy atom. The maximum absolute atomic E-state index is 11.7. The summed E-state index contributed by atoms with van der Waals surface area (Å²) in [6, 6.07) is 0. The number of Topliss-reactive ketones (excluding diaryl/α,β-unsaturated/α-hetero) is 2. The van der Waals surface area contributed by atoms with E-state index < -0.39 is 0 Å². The summed E-state index contributed by atoms with van der Waals surface area (Å²) in [5, 5.41) is 0. The van der Waals surface area contributed by atoms with E-state index in [0.29, 0.717) is 18.8 Å². The monoisotopic (exact) mass is 212 g/mol. The Balaban J connectivity index is 2.05. The molecule has 1 heterocycles. The molecule has 0 bridgehead atoms. The molecule has 1 saturated carbocycles. The van der Waals surface area contributed by atoms with Gasteiger partial charge in [-0.1, -0.05) is 0 Å². The summed E-state index contributed by atoms with van der Waals surface area (Å²) in [4.78, 5) is 23.3. The highest BCUT2D eigenvalue weighted by Gasteiger charge is 2.36. The predicted octanol–water partition coefficient (Wildman–Crippen LogP) is 2.07. The fourth-order valence-electron chi connectivity index (χ4n) is 2.48. The first-order valence-corrected chi connectivity index (χ1v) is 6.57. The van der Waals surface area contributed by atoms with Crippen LogP contribution in [0, 0.1) is 11.8 Å². The Hall–Kier alpha value is -0.310. The van der Waals surface area contributed by atoms with E-state index in [-0.39, 0.29) is 17.5 Å². The third kappa shape index (κ3) is 2.02. The second-order valence-electron chi connectivity index (χ2n) is 4.24. The molecule has 0 radical (unpaired) electrons. The van der Waals surface area contributed by atoms with Crippen LogP contribution in [0.15, 0.2) is 0 Å². The van der Waals surface area contributed by atoms with Gasteiger partial charge < -0.3 is 0 Å². The standard InChI is InChI=1S/C11H16O2S/c12-9-4-1-5-10(13)11(9)8-3-2-6-14-7-8/h8,11H,1-7H2. The van der Waals surface area contributed by atoms with Crippen molar-refractivity contribution >= 4 is 23.3 Å². The summed E-state index contributed by atoms with van der Waals surface area (Å²) in [5.74, 6) is 2.78. The molecule has 0 N–H and O–H groups in total. The number of thioether (sulfide) groups is 1. The van der Waals surface area contributed by atoms with Crippen molar-refractivity contribution in [1.29, 1.82) is 0 Å². The lowest BCUT2D eigenvalue weighted by molar-refractivity contribution is -0.137. The Bertz CT molecular complexity index is 228. The van der Waals surface area contributed by atoms with Crippen molar-refractivity contribution in [3.05, 3.63) is 0 Å². The predicted molar refractivity (Wildman–Crippen MR) is 57.4 cm³/mol. The smallest absolute Gasteiger partial charge is 0.143 e. The van der Waals surface area contributed by atoms with Crippen LogP contribution >= 0.6 is 11.8 Å². The summed E-state index contributed by atoms with van der Waals surface area (Å²) in [6.07, 6.45) is 4.31. The molecule has 1 saturated heterocycles. The van der Waals surface area contributed by atoms with Gasteiger partial charge >= 0.3 is 0 Å². The van der Waals surface area contributed by atoms with E-state index in [1.165, 1.54) is 12.2 Å². The average molecular weight is 212 g/mol. The van der Waals surface area contributed by atoms with Crippen molar-refractivity contribution in [3.63, 3.8) is 0 Å². The number of rotatable bonds is 1. The third-order valence-corrected chi connectivity index (χ3v) is 4.45. The maximum atomic E-state index is 11.7. The van der Waals surface area contributed by atoms with Crippen LogP contribution in [0.2, 0.25) is 0 Å². The zero-order chi connectivity index (χ0) is 9.97. The van der Waals surface area contributed by atoms with E-state index in [2.05, 4.69) is 0 Å². The van der Waals surface area contributed by atoms with Crippen molar-refractivity contribution in [2.75, 3.05) is 11.5 Å². The minimum atomic E-state index is -0.225. The number of hydrogen-bond acceptors (Lipinski definition) is 3. The number of hydrogen-bond donors (Lipinski definition) is 0. The summed E-state index contributed by atoms with van der Waals surface area (Å²) in [6.45, 7) is 0. The van der Waals surface area contributed by atoms with E-state index in [1.807, 2.05) is 11.8 Å². The van der Waals surface area contributed by atoms with Crippen LogP contribution in [0.5, 0.6) is 0 Å². The third-order valence-electron chi connectivity index (χ3n) is 3.21. The van der Waals surface area contributed by atoms with Crippen LogP contribution in [-0.2, 0) is 9.59 Å². The molecule has 14 heavy (non-hydrogen) atoms. The van der Waals surface area contributed by atoms with Crippen molar-refractivity contribution in [2.24, 2.45) is 11.8 Å².